The molecule has 8 nitrogen and oxygen atoms in total. The zero-order valence-corrected chi connectivity index (χ0v) is 51.7. The second kappa shape index (κ2) is 26.5. The predicted molar refractivity (Wildman–Crippen MR) is 371 cm³/mol. The minimum atomic E-state index is -0.560. The van der Waals surface area contributed by atoms with Crippen LogP contribution in [0.3, 0.4) is 0 Å². The molecule has 0 N–H and O–H groups in total. The van der Waals surface area contributed by atoms with Gasteiger partial charge in [0.2, 0.25) is 5.70 Å². The van der Waals surface area contributed by atoms with E-state index >= 15 is 0 Å². The summed E-state index contributed by atoms with van der Waals surface area (Å²) < 4.78 is 19.6. The van der Waals surface area contributed by atoms with Crippen LogP contribution in [0.2, 0.25) is 0 Å². The van der Waals surface area contributed by atoms with Crippen molar-refractivity contribution >= 4 is 101 Å². The normalized spacial score (nSPS) is 12.1. The van der Waals surface area contributed by atoms with E-state index in [0.717, 1.165) is 113 Å². The van der Waals surface area contributed by atoms with Crippen LogP contribution in [-0.4, -0.2) is 45.8 Å². The molecule has 4 heterocycles. The molecule has 0 aliphatic rings. The first-order valence-corrected chi connectivity index (χ1v) is 31.8. The van der Waals surface area contributed by atoms with Gasteiger partial charge in [-0.1, -0.05) is 195 Å². The molecule has 12 rings (SSSR count). The quantitative estimate of drug-likeness (QED) is 0.0384. The summed E-state index contributed by atoms with van der Waals surface area (Å²) in [6, 6.07) is 74.9. The highest BCUT2D eigenvalue weighted by atomic mass is 32.1. The Hall–Kier alpha value is -9.71. The summed E-state index contributed by atoms with van der Waals surface area (Å²) in [6.45, 7) is 26.5. The second-order valence-electron chi connectivity index (χ2n) is 23.0. The fourth-order valence-electron chi connectivity index (χ4n) is 11.8. The third-order valence-electron chi connectivity index (χ3n) is 15.9. The fraction of sp³-hybridized carbons (Fsp3) is 0.158. The largest absolute Gasteiger partial charge is 0.493 e. The number of fused-ring (bicyclic) bond motifs is 3. The minimum absolute atomic E-state index is 0.303. The van der Waals surface area contributed by atoms with Crippen LogP contribution in [0.25, 0.3) is 69.8 Å². The molecule has 0 fully saturated rings. The molecule has 0 spiro atoms. The Kier molecular flexibility index (Phi) is 17.7. The number of hydrogen-bond donors (Lipinski definition) is 0. The first-order chi connectivity index (χ1) is 43.1. The number of aryl methyl sites for hydroxylation is 2. The van der Waals surface area contributed by atoms with E-state index in [0.29, 0.717) is 57.0 Å². The minimum Gasteiger partial charge on any atom is -0.493 e. The number of ether oxygens (including phenoxy) is 2. The van der Waals surface area contributed by atoms with Crippen molar-refractivity contribution < 1.29 is 9.47 Å². The molecule has 0 bridgehead atoms. The van der Waals surface area contributed by atoms with Gasteiger partial charge in [-0.15, -0.1) is 35.8 Å². The van der Waals surface area contributed by atoms with Gasteiger partial charge in [-0.3, -0.25) is 0 Å². The molecule has 88 heavy (non-hydrogen) atoms. The van der Waals surface area contributed by atoms with Gasteiger partial charge in [-0.05, 0) is 133 Å². The van der Waals surface area contributed by atoms with Crippen molar-refractivity contribution in [1.82, 2.24) is 18.9 Å². The Balaban J connectivity index is 1.39. The highest BCUT2D eigenvalue weighted by molar-refractivity contribution is 7.20. The molecular weight excluding hydrogens is 1110 g/mol. The van der Waals surface area contributed by atoms with Crippen LogP contribution in [0.4, 0.5) is 0 Å². The number of rotatable bonds is 22. The van der Waals surface area contributed by atoms with Crippen LogP contribution < -0.4 is 42.0 Å². The Morgan fingerprint density at radius 1 is 0.534 bits per heavy atom. The molecule has 0 unspecified atom stereocenters. The Labute approximate surface area is 524 Å². The van der Waals surface area contributed by atoms with Crippen molar-refractivity contribution in [2.45, 2.75) is 53.4 Å². The number of hydrogen-bond acceptors (Lipinski definition) is 7. The number of benzene rings is 8. The van der Waals surface area contributed by atoms with E-state index < -0.39 is 13.7 Å². The first kappa shape index (κ1) is 58.7. The third-order valence-corrected chi connectivity index (χ3v) is 18.0. The average Bonchev–Trinajstić information content (AvgIpc) is 1.54. The predicted octanol–water partition coefficient (Wildman–Crippen LogP) is 14.4. The van der Waals surface area contributed by atoms with Crippen LogP contribution in [0.15, 0.2) is 232 Å². The Bertz CT molecular complexity index is 4530. The fourth-order valence-corrected chi connectivity index (χ4v) is 13.7. The van der Waals surface area contributed by atoms with Gasteiger partial charge in [0.05, 0.1) is 45.6 Å². The lowest BCUT2D eigenvalue weighted by Crippen LogP contribution is -2.54. The summed E-state index contributed by atoms with van der Waals surface area (Å²) >= 11 is 3.02. The SMILES string of the molecule is [C-]#[N+]/C(c1nc2ccccc2s1)=c1\c2c(-c3ccc(OCC(C)C)cc3)n(B(c3ccccc3)c3ccccc3)/c(=C(/C#N)c3nc4ccccc4s3)c2c(-c2ccc(OCC(C)C)cc2)n1B(c1ccc(CCC=C)cc1)c1ccc(CCC=C)cc1. The highest BCUT2D eigenvalue weighted by Crippen LogP contribution is 2.39. The summed E-state index contributed by atoms with van der Waals surface area (Å²) in [5.41, 5.74) is 12.1. The molecule has 12 aromatic rings. The number of nitrogens with zero attached hydrogens (tertiary/aromatic N) is 6. The number of para-hydroxylation sites is 2. The van der Waals surface area contributed by atoms with Crippen molar-refractivity contribution in [2.75, 3.05) is 13.2 Å². The zero-order valence-electron chi connectivity index (χ0n) is 50.1. The van der Waals surface area contributed by atoms with Gasteiger partial charge < -0.3 is 18.4 Å². The topological polar surface area (TPSA) is 82.2 Å². The van der Waals surface area contributed by atoms with E-state index in [1.807, 2.05) is 72.8 Å². The molecule has 430 valence electrons. The monoisotopic (exact) mass is 1180 g/mol. The highest BCUT2D eigenvalue weighted by Gasteiger charge is 2.38. The lowest BCUT2D eigenvalue weighted by atomic mass is 9.49. The summed E-state index contributed by atoms with van der Waals surface area (Å²) in [6.07, 6.45) is 7.30. The zero-order chi connectivity index (χ0) is 60.7. The molecule has 0 amide bonds. The van der Waals surface area contributed by atoms with Gasteiger partial charge in [0.25, 0.3) is 0 Å². The lowest BCUT2D eigenvalue weighted by Gasteiger charge is -2.25. The van der Waals surface area contributed by atoms with E-state index in [2.05, 4.69) is 201 Å². The molecule has 12 heteroatoms. The Morgan fingerprint density at radius 2 is 0.932 bits per heavy atom. The lowest BCUT2D eigenvalue weighted by molar-refractivity contribution is 0.271. The maximum atomic E-state index is 12.5. The number of nitriles is 1. The van der Waals surface area contributed by atoms with Crippen molar-refractivity contribution in [2.24, 2.45) is 11.8 Å². The van der Waals surface area contributed by atoms with Gasteiger partial charge in [-0.25, -0.2) is 14.8 Å². The van der Waals surface area contributed by atoms with Crippen molar-refractivity contribution in [3.05, 3.63) is 275 Å². The average molecular weight is 1180 g/mol. The van der Waals surface area contributed by atoms with E-state index in [1.54, 1.807) is 0 Å². The molecule has 4 aromatic heterocycles. The smallest absolute Gasteiger partial charge is 0.328 e. The van der Waals surface area contributed by atoms with Gasteiger partial charge in [0.1, 0.15) is 33.2 Å². The van der Waals surface area contributed by atoms with Crippen LogP contribution >= 0.6 is 22.7 Å². The molecule has 0 aliphatic carbocycles. The van der Waals surface area contributed by atoms with Crippen LogP contribution in [0.5, 0.6) is 11.5 Å². The number of aromatic nitrogens is 4. The standard InChI is InChI=1S/C76H66B2N6O2S2/c1-8-10-22-53-32-40-59(41-33-53)78(60-42-34-54(35-43-60)23-11-9-2)84-71(55-36-44-61(45-37-55)85-49-51(3)4)68-69(74(84)70(80-7)76-82-65-29-19-21-31-67(65)88-76)72(56-38-46-62(47-39-56)86-50-52(5)6)83(77(57-24-14-12-15-25-57)58-26-16-13-17-27-58)73(68)63(48-79)75-81-64-28-18-20-30-66(64)87-75/h8-9,12-21,24-47,51-52H,1-2,10-11,22-23,49-50H2,3-6H3/b73-63-,74-70+. The van der Waals surface area contributed by atoms with Crippen LogP contribution in [0, 0.1) is 29.7 Å². The van der Waals surface area contributed by atoms with Crippen molar-refractivity contribution in [1.29, 1.82) is 5.26 Å². The Morgan fingerprint density at radius 3 is 1.35 bits per heavy atom. The summed E-state index contributed by atoms with van der Waals surface area (Å²) in [5, 5.41) is 16.5. The van der Waals surface area contributed by atoms with Gasteiger partial charge in [0, 0.05) is 27.5 Å². The molecule has 0 saturated carbocycles. The van der Waals surface area contributed by atoms with E-state index in [-0.39, 0.29) is 0 Å². The maximum Gasteiger partial charge on any atom is 0.328 e. The summed E-state index contributed by atoms with van der Waals surface area (Å²) in [4.78, 5) is 15.5. The van der Waals surface area contributed by atoms with Gasteiger partial charge >= 0.3 is 13.7 Å². The van der Waals surface area contributed by atoms with Crippen molar-refractivity contribution in [3.63, 3.8) is 0 Å². The van der Waals surface area contributed by atoms with Gasteiger partial charge in [-0.2, -0.15) is 5.26 Å². The van der Waals surface area contributed by atoms with Crippen molar-refractivity contribution in [3.8, 4) is 40.1 Å². The summed E-state index contributed by atoms with van der Waals surface area (Å²) in [5.74, 6) is 2.09. The molecule has 0 atom stereocenters. The molecule has 0 radical (unpaired) electrons. The first-order valence-electron chi connectivity index (χ1n) is 30.2. The van der Waals surface area contributed by atoms with E-state index in [9.17, 15) is 11.8 Å². The van der Waals surface area contributed by atoms with Crippen LogP contribution in [0.1, 0.15) is 61.7 Å². The van der Waals surface area contributed by atoms with E-state index in [1.165, 1.54) is 33.8 Å². The van der Waals surface area contributed by atoms with E-state index in [4.69, 9.17) is 24.3 Å². The molecule has 8 aromatic carbocycles. The van der Waals surface area contributed by atoms with Gasteiger partial charge in [0.15, 0.2) is 0 Å². The van der Waals surface area contributed by atoms with Crippen LogP contribution in [-0.2, 0) is 12.8 Å². The number of thiazole rings is 2. The molecular formula is C76H66B2N6O2S2. The second-order valence-corrected chi connectivity index (χ2v) is 25.1. The molecule has 0 aliphatic heterocycles. The molecule has 0 saturated heterocycles. The number of allylic oxidation sites excluding steroid dienone is 2. The maximum absolute atomic E-state index is 12.5. The summed E-state index contributed by atoms with van der Waals surface area (Å²) in [7, 11) is 0. The third kappa shape index (κ3) is 11.9.